The summed E-state index contributed by atoms with van der Waals surface area (Å²) in [5.74, 6) is -0.321. The highest BCUT2D eigenvalue weighted by Crippen LogP contribution is 2.40. The van der Waals surface area contributed by atoms with Crippen LogP contribution in [0.2, 0.25) is 0 Å². The van der Waals surface area contributed by atoms with Crippen LogP contribution in [0.3, 0.4) is 0 Å². The lowest BCUT2D eigenvalue weighted by molar-refractivity contribution is -0.160. The molecule has 1 amide bonds. The third-order valence-corrected chi connectivity index (χ3v) is 6.54. The maximum Gasteiger partial charge on any atom is 0.321 e. The van der Waals surface area contributed by atoms with E-state index in [2.05, 4.69) is 10.3 Å². The van der Waals surface area contributed by atoms with Gasteiger partial charge in [-0.3, -0.25) is 14.0 Å². The number of hydrogen-bond donors (Lipinski definition) is 2. The molecule has 33 heavy (non-hydrogen) atoms. The lowest BCUT2D eigenvalue weighted by Gasteiger charge is -2.37. The quantitative estimate of drug-likeness (QED) is 0.260. The Labute approximate surface area is 192 Å². The van der Waals surface area contributed by atoms with Gasteiger partial charge in [0.1, 0.15) is 23.1 Å². The molecule has 2 N–H and O–H groups in total. The Morgan fingerprint density at radius 1 is 1.27 bits per heavy atom. The molecule has 2 fully saturated rings. The minimum Gasteiger partial charge on any atom is -0.476 e. The van der Waals surface area contributed by atoms with E-state index in [4.69, 9.17) is 9.47 Å². The number of esters is 1. The highest BCUT2D eigenvalue weighted by Gasteiger charge is 2.44. The molecule has 0 spiro atoms. The average molecular weight is 470 g/mol. The molecular formula is C23H33F2N3O5. The van der Waals surface area contributed by atoms with Gasteiger partial charge in [0, 0.05) is 13.0 Å². The van der Waals surface area contributed by atoms with Crippen molar-refractivity contribution in [1.29, 1.82) is 0 Å². The molecule has 0 unspecified atom stereocenters. The number of amides is 1. The Morgan fingerprint density at radius 2 is 2.00 bits per heavy atom. The Bertz CT molecular complexity index is 830. The van der Waals surface area contributed by atoms with Crippen LogP contribution in [0.25, 0.3) is 0 Å². The summed E-state index contributed by atoms with van der Waals surface area (Å²) in [5, 5.41) is 11.9. The smallest absolute Gasteiger partial charge is 0.321 e. The van der Waals surface area contributed by atoms with Gasteiger partial charge in [-0.05, 0) is 43.2 Å². The maximum absolute atomic E-state index is 13.4. The number of anilines is 2. The summed E-state index contributed by atoms with van der Waals surface area (Å²) >= 11 is 0. The second-order valence-electron chi connectivity index (χ2n) is 8.69. The van der Waals surface area contributed by atoms with Gasteiger partial charge in [0.2, 0.25) is 11.8 Å². The predicted molar refractivity (Wildman–Crippen MR) is 119 cm³/mol. The van der Waals surface area contributed by atoms with Crippen molar-refractivity contribution >= 4 is 23.4 Å². The summed E-state index contributed by atoms with van der Waals surface area (Å²) in [4.78, 5) is 32.0. The number of ether oxygens (including phenoxy) is 2. The number of rotatable bonds is 13. The number of hydrogen-bond acceptors (Lipinski definition) is 7. The summed E-state index contributed by atoms with van der Waals surface area (Å²) < 4.78 is 36.8. The van der Waals surface area contributed by atoms with Crippen LogP contribution in [0, 0.1) is 17.3 Å². The molecule has 1 saturated carbocycles. The number of nitrogens with zero attached hydrogens (tertiary/aromatic N) is 2. The van der Waals surface area contributed by atoms with Gasteiger partial charge >= 0.3 is 5.97 Å². The van der Waals surface area contributed by atoms with Crippen LogP contribution in [0.5, 0.6) is 5.88 Å². The van der Waals surface area contributed by atoms with Crippen molar-refractivity contribution in [2.24, 2.45) is 17.3 Å². The van der Waals surface area contributed by atoms with E-state index in [1.165, 1.54) is 0 Å². The number of aliphatic hydroxyl groups is 1. The number of aromatic nitrogens is 1. The highest BCUT2D eigenvalue weighted by atomic mass is 19.1. The molecule has 1 aromatic rings. The minimum absolute atomic E-state index is 0.0783. The Hall–Kier alpha value is -2.49. The van der Waals surface area contributed by atoms with E-state index in [9.17, 15) is 23.5 Å². The van der Waals surface area contributed by atoms with Crippen LogP contribution < -0.4 is 15.0 Å². The summed E-state index contributed by atoms with van der Waals surface area (Å²) in [7, 11) is 0. The molecule has 0 aromatic carbocycles. The monoisotopic (exact) mass is 469 g/mol. The van der Waals surface area contributed by atoms with E-state index in [1.807, 2.05) is 0 Å². The first-order valence-corrected chi connectivity index (χ1v) is 11.6. The minimum atomic E-state index is -1.42. The highest BCUT2D eigenvalue weighted by molar-refractivity contribution is 6.08. The van der Waals surface area contributed by atoms with Gasteiger partial charge in [-0.15, -0.1) is 0 Å². The molecule has 1 aliphatic heterocycles. The van der Waals surface area contributed by atoms with Crippen LogP contribution in [0.15, 0.2) is 12.1 Å². The zero-order valence-electron chi connectivity index (χ0n) is 19.2. The first kappa shape index (κ1) is 25.1. The van der Waals surface area contributed by atoms with Gasteiger partial charge in [-0.2, -0.15) is 4.98 Å². The van der Waals surface area contributed by atoms with Crippen LogP contribution in [-0.4, -0.2) is 67.7 Å². The zero-order chi connectivity index (χ0) is 24.0. The predicted octanol–water partition coefficient (Wildman–Crippen LogP) is 2.89. The van der Waals surface area contributed by atoms with E-state index in [0.29, 0.717) is 12.3 Å². The molecule has 3 rings (SSSR count). The maximum atomic E-state index is 13.4. The summed E-state index contributed by atoms with van der Waals surface area (Å²) in [6, 6.07) is 3.29. The Morgan fingerprint density at radius 3 is 2.58 bits per heavy atom. The van der Waals surface area contributed by atoms with Crippen LogP contribution in [0.4, 0.5) is 20.3 Å². The molecule has 1 saturated heterocycles. The molecule has 184 valence electrons. The van der Waals surface area contributed by atoms with Crippen LogP contribution in [-0.2, 0) is 14.3 Å². The van der Waals surface area contributed by atoms with E-state index < -0.39 is 30.1 Å². The molecule has 2 aliphatic rings. The van der Waals surface area contributed by atoms with Crippen molar-refractivity contribution in [2.75, 3.05) is 49.8 Å². The van der Waals surface area contributed by atoms with Gasteiger partial charge in [0.25, 0.3) is 0 Å². The molecule has 1 aromatic heterocycles. The second kappa shape index (κ2) is 11.1. The Balaban J connectivity index is 1.74. The normalized spacial score (nSPS) is 20.2. The van der Waals surface area contributed by atoms with E-state index in [1.54, 1.807) is 30.9 Å². The van der Waals surface area contributed by atoms with Crippen molar-refractivity contribution in [2.45, 2.75) is 45.7 Å². The number of pyridine rings is 1. The standard InChI is InChI=1S/C23H33F2N3O5/c1-3-23(4-2,22(31)32-9-5-8-24)21(30)27-19-7-6-18(28-11-17(25)12-28)20(26-19)33-14-16-10-15(16)13-29/h6-7,15-17,29H,3-5,8-14H2,1-2H3,(H,26,27,30)/t15-,16-/m0/s1. The fourth-order valence-corrected chi connectivity index (χ4v) is 3.94. The molecular weight excluding hydrogens is 436 g/mol. The molecule has 0 bridgehead atoms. The SMILES string of the molecule is CCC(CC)(C(=O)Nc1ccc(N2CC(F)C2)c(OC[C@@H]2C[C@H]2CO)n1)C(=O)OCCCF. The zero-order valence-corrected chi connectivity index (χ0v) is 19.2. The van der Waals surface area contributed by atoms with Crippen molar-refractivity contribution in [3.05, 3.63) is 12.1 Å². The van der Waals surface area contributed by atoms with Gasteiger partial charge in [-0.25, -0.2) is 4.39 Å². The molecule has 2 atom stereocenters. The largest absolute Gasteiger partial charge is 0.476 e. The van der Waals surface area contributed by atoms with Crippen molar-refractivity contribution < 1.29 is 33.0 Å². The molecule has 1 aliphatic carbocycles. The van der Waals surface area contributed by atoms with Gasteiger partial charge < -0.3 is 24.8 Å². The molecule has 2 heterocycles. The fraction of sp³-hybridized carbons (Fsp3) is 0.696. The topological polar surface area (TPSA) is 101 Å². The van der Waals surface area contributed by atoms with Gasteiger partial charge in [-0.1, -0.05) is 13.8 Å². The number of alkyl halides is 2. The lowest BCUT2D eigenvalue weighted by Crippen LogP contribution is -2.48. The van der Waals surface area contributed by atoms with Crippen molar-refractivity contribution in [3.63, 3.8) is 0 Å². The van der Waals surface area contributed by atoms with Gasteiger partial charge in [0.05, 0.1) is 33.0 Å². The van der Waals surface area contributed by atoms with E-state index in [0.717, 1.165) is 6.42 Å². The first-order valence-electron chi connectivity index (χ1n) is 11.6. The summed E-state index contributed by atoms with van der Waals surface area (Å²) in [6.45, 7) is 3.70. The number of halogens is 2. The number of carbonyl (C=O) groups is 2. The first-order chi connectivity index (χ1) is 15.9. The summed E-state index contributed by atoms with van der Waals surface area (Å²) in [5.41, 5.74) is -0.787. The number of carbonyl (C=O) groups excluding carboxylic acids is 2. The molecule has 0 radical (unpaired) electrons. The van der Waals surface area contributed by atoms with Crippen molar-refractivity contribution in [3.8, 4) is 5.88 Å². The fourth-order valence-electron chi connectivity index (χ4n) is 3.94. The Kier molecular flexibility index (Phi) is 8.45. The lowest BCUT2D eigenvalue weighted by atomic mass is 9.81. The number of nitrogens with one attached hydrogen (secondary N) is 1. The average Bonchev–Trinajstić information content (AvgIpc) is 3.56. The van der Waals surface area contributed by atoms with E-state index >= 15 is 0 Å². The molecule has 8 nitrogen and oxygen atoms in total. The summed E-state index contributed by atoms with van der Waals surface area (Å²) in [6.07, 6.45) is 0.466. The van der Waals surface area contributed by atoms with E-state index in [-0.39, 0.29) is 69.1 Å². The third kappa shape index (κ3) is 5.72. The second-order valence-corrected chi connectivity index (χ2v) is 8.69. The third-order valence-electron chi connectivity index (χ3n) is 6.54. The van der Waals surface area contributed by atoms with Crippen molar-refractivity contribution in [1.82, 2.24) is 4.98 Å². The van der Waals surface area contributed by atoms with Crippen LogP contribution >= 0.6 is 0 Å². The number of aliphatic hydroxyl groups excluding tert-OH is 1. The van der Waals surface area contributed by atoms with Crippen LogP contribution in [0.1, 0.15) is 39.5 Å². The molecule has 10 heteroatoms. The van der Waals surface area contributed by atoms with Gasteiger partial charge in [0.15, 0.2) is 0 Å².